The lowest BCUT2D eigenvalue weighted by Crippen LogP contribution is -2.24. The Labute approximate surface area is 106 Å². The van der Waals surface area contributed by atoms with Crippen LogP contribution < -0.4 is 0 Å². The van der Waals surface area contributed by atoms with Crippen molar-refractivity contribution in [3.63, 3.8) is 0 Å². The standard InChI is InChI=1S/C11H20BrN3O/c1-5-11(2,3)10-14-13-9(8-12)15(10)6-7-16-4/h5-8H2,1-4H3. The number of halogens is 1. The molecule has 0 aliphatic carbocycles. The highest BCUT2D eigenvalue weighted by Gasteiger charge is 2.26. The first kappa shape index (κ1) is 13.6. The van der Waals surface area contributed by atoms with E-state index in [2.05, 4.69) is 51.5 Å². The van der Waals surface area contributed by atoms with Gasteiger partial charge in [-0.3, -0.25) is 0 Å². The molecule has 5 heteroatoms. The van der Waals surface area contributed by atoms with Crippen LogP contribution in [0, 0.1) is 0 Å². The monoisotopic (exact) mass is 289 g/mol. The third-order valence-electron chi connectivity index (χ3n) is 2.96. The fourth-order valence-electron chi connectivity index (χ4n) is 1.51. The van der Waals surface area contributed by atoms with Crippen molar-refractivity contribution in [1.82, 2.24) is 14.8 Å². The van der Waals surface area contributed by atoms with Crippen LogP contribution in [0.4, 0.5) is 0 Å². The van der Waals surface area contributed by atoms with Crippen molar-refractivity contribution in [2.75, 3.05) is 13.7 Å². The Kier molecular flexibility index (Phi) is 4.92. The Morgan fingerprint density at radius 3 is 2.56 bits per heavy atom. The fraction of sp³-hybridized carbons (Fsp3) is 0.818. The molecule has 1 heterocycles. The van der Waals surface area contributed by atoms with E-state index in [0.717, 1.165) is 29.9 Å². The average Bonchev–Trinajstić information content (AvgIpc) is 2.69. The SMILES string of the molecule is CCC(C)(C)c1nnc(CBr)n1CCOC. The molecule has 0 radical (unpaired) electrons. The Bertz CT molecular complexity index is 336. The maximum absolute atomic E-state index is 5.12. The van der Waals surface area contributed by atoms with E-state index < -0.39 is 0 Å². The Balaban J connectivity index is 3.04. The van der Waals surface area contributed by atoms with Gasteiger partial charge < -0.3 is 9.30 Å². The second-order valence-corrected chi connectivity index (χ2v) is 5.02. The van der Waals surface area contributed by atoms with Gasteiger partial charge in [0.1, 0.15) is 11.6 Å². The van der Waals surface area contributed by atoms with Gasteiger partial charge in [0.05, 0.1) is 11.9 Å². The minimum absolute atomic E-state index is 0.0567. The molecule has 0 bridgehead atoms. The van der Waals surface area contributed by atoms with Crippen molar-refractivity contribution in [1.29, 1.82) is 0 Å². The van der Waals surface area contributed by atoms with Gasteiger partial charge in [0, 0.05) is 19.1 Å². The zero-order valence-corrected chi connectivity index (χ0v) is 12.0. The van der Waals surface area contributed by atoms with E-state index in [-0.39, 0.29) is 5.41 Å². The van der Waals surface area contributed by atoms with Gasteiger partial charge in [-0.2, -0.15) is 0 Å². The van der Waals surface area contributed by atoms with Gasteiger partial charge in [0.25, 0.3) is 0 Å². The highest BCUT2D eigenvalue weighted by Crippen LogP contribution is 2.26. The lowest BCUT2D eigenvalue weighted by atomic mass is 9.89. The maximum Gasteiger partial charge on any atom is 0.143 e. The molecule has 4 nitrogen and oxygen atoms in total. The minimum Gasteiger partial charge on any atom is -0.383 e. The Morgan fingerprint density at radius 1 is 1.38 bits per heavy atom. The summed E-state index contributed by atoms with van der Waals surface area (Å²) in [6.45, 7) is 8.05. The average molecular weight is 290 g/mol. The summed E-state index contributed by atoms with van der Waals surface area (Å²) >= 11 is 3.44. The molecule has 0 aliphatic heterocycles. The molecule has 0 fully saturated rings. The van der Waals surface area contributed by atoms with Crippen LogP contribution in [-0.4, -0.2) is 28.5 Å². The first-order valence-corrected chi connectivity index (χ1v) is 6.66. The van der Waals surface area contributed by atoms with Crippen LogP contribution in [0.25, 0.3) is 0 Å². The summed E-state index contributed by atoms with van der Waals surface area (Å²) in [5, 5.41) is 9.25. The molecule has 0 aliphatic rings. The highest BCUT2D eigenvalue weighted by atomic mass is 79.9. The van der Waals surface area contributed by atoms with Crippen molar-refractivity contribution in [2.24, 2.45) is 0 Å². The second kappa shape index (κ2) is 5.77. The first-order chi connectivity index (χ1) is 7.56. The Hall–Kier alpha value is -0.420. The zero-order valence-electron chi connectivity index (χ0n) is 10.5. The van der Waals surface area contributed by atoms with Crippen LogP contribution in [0.15, 0.2) is 0 Å². The van der Waals surface area contributed by atoms with Crippen molar-refractivity contribution < 1.29 is 4.74 Å². The second-order valence-electron chi connectivity index (χ2n) is 4.46. The van der Waals surface area contributed by atoms with Crippen LogP contribution in [-0.2, 0) is 22.0 Å². The van der Waals surface area contributed by atoms with Gasteiger partial charge in [-0.15, -0.1) is 10.2 Å². The first-order valence-electron chi connectivity index (χ1n) is 5.54. The Morgan fingerprint density at radius 2 is 2.06 bits per heavy atom. The quantitative estimate of drug-likeness (QED) is 0.756. The van der Waals surface area contributed by atoms with Crippen molar-refractivity contribution >= 4 is 15.9 Å². The summed E-state index contributed by atoms with van der Waals surface area (Å²) in [6, 6.07) is 0. The maximum atomic E-state index is 5.12. The van der Waals surface area contributed by atoms with Crippen molar-refractivity contribution in [3.05, 3.63) is 11.6 Å². The molecule has 0 N–H and O–H groups in total. The van der Waals surface area contributed by atoms with E-state index in [0.29, 0.717) is 6.61 Å². The molecule has 0 atom stereocenters. The van der Waals surface area contributed by atoms with Crippen LogP contribution in [0.3, 0.4) is 0 Å². The molecule has 0 spiro atoms. The van der Waals surface area contributed by atoms with Crippen molar-refractivity contribution in [2.45, 2.75) is 44.5 Å². The number of methoxy groups -OCH3 is 1. The van der Waals surface area contributed by atoms with Crippen LogP contribution in [0.5, 0.6) is 0 Å². The fourth-order valence-corrected chi connectivity index (χ4v) is 1.93. The number of rotatable bonds is 6. The minimum atomic E-state index is 0.0567. The molecule has 0 saturated carbocycles. The van der Waals surface area contributed by atoms with Crippen molar-refractivity contribution in [3.8, 4) is 0 Å². The highest BCUT2D eigenvalue weighted by molar-refractivity contribution is 9.08. The molecule has 0 aromatic carbocycles. The number of hydrogen-bond donors (Lipinski definition) is 0. The largest absolute Gasteiger partial charge is 0.383 e. The number of ether oxygens (including phenoxy) is 1. The summed E-state index contributed by atoms with van der Waals surface area (Å²) in [5.74, 6) is 2.01. The lowest BCUT2D eigenvalue weighted by Gasteiger charge is -2.22. The van der Waals surface area contributed by atoms with E-state index in [9.17, 15) is 0 Å². The van der Waals surface area contributed by atoms with Gasteiger partial charge in [-0.05, 0) is 6.42 Å². The summed E-state index contributed by atoms with van der Waals surface area (Å²) < 4.78 is 7.28. The number of nitrogens with zero attached hydrogens (tertiary/aromatic N) is 3. The van der Waals surface area contributed by atoms with Crippen LogP contribution >= 0.6 is 15.9 Å². The molecule has 0 saturated heterocycles. The van der Waals surface area contributed by atoms with E-state index in [1.807, 2.05) is 0 Å². The molecular weight excluding hydrogens is 270 g/mol. The summed E-state index contributed by atoms with van der Waals surface area (Å²) in [6.07, 6.45) is 1.04. The molecule has 16 heavy (non-hydrogen) atoms. The summed E-state index contributed by atoms with van der Waals surface area (Å²) in [4.78, 5) is 0. The molecular formula is C11H20BrN3O. The van der Waals surface area contributed by atoms with E-state index in [1.54, 1.807) is 7.11 Å². The third-order valence-corrected chi connectivity index (χ3v) is 3.46. The predicted octanol–water partition coefficient (Wildman–Crippen LogP) is 2.51. The molecule has 0 amide bonds. The van der Waals surface area contributed by atoms with E-state index in [1.165, 1.54) is 0 Å². The van der Waals surface area contributed by atoms with Gasteiger partial charge in [0.15, 0.2) is 0 Å². The van der Waals surface area contributed by atoms with E-state index in [4.69, 9.17) is 4.74 Å². The van der Waals surface area contributed by atoms with Crippen LogP contribution in [0.1, 0.15) is 38.8 Å². The molecule has 1 aromatic heterocycles. The smallest absolute Gasteiger partial charge is 0.143 e. The number of alkyl halides is 1. The molecule has 1 rings (SSSR count). The van der Waals surface area contributed by atoms with E-state index >= 15 is 0 Å². The topological polar surface area (TPSA) is 39.9 Å². The molecule has 92 valence electrons. The molecule has 0 unspecified atom stereocenters. The van der Waals surface area contributed by atoms with Gasteiger partial charge in [0.2, 0.25) is 0 Å². The van der Waals surface area contributed by atoms with Gasteiger partial charge in [-0.25, -0.2) is 0 Å². The summed E-state index contributed by atoms with van der Waals surface area (Å²) in [7, 11) is 1.71. The normalized spacial score (nSPS) is 12.1. The third kappa shape index (κ3) is 2.83. The van der Waals surface area contributed by atoms with Gasteiger partial charge >= 0.3 is 0 Å². The predicted molar refractivity (Wildman–Crippen MR) is 67.8 cm³/mol. The lowest BCUT2D eigenvalue weighted by molar-refractivity contribution is 0.184. The molecule has 1 aromatic rings. The van der Waals surface area contributed by atoms with Crippen LogP contribution in [0.2, 0.25) is 0 Å². The van der Waals surface area contributed by atoms with Gasteiger partial charge in [-0.1, -0.05) is 36.7 Å². The zero-order chi connectivity index (χ0) is 12.2. The number of aromatic nitrogens is 3. The summed E-state index contributed by atoms with van der Waals surface area (Å²) in [5.41, 5.74) is 0.0567. The number of hydrogen-bond acceptors (Lipinski definition) is 3.